The van der Waals surface area contributed by atoms with Crippen molar-refractivity contribution < 1.29 is 27.2 Å². The number of carbonyl (C=O) groups is 1. The minimum Gasteiger partial charge on any atom is -0.497 e. The maximum Gasteiger partial charge on any atom is 0.335 e. The Morgan fingerprint density at radius 1 is 1.08 bits per heavy atom. The summed E-state index contributed by atoms with van der Waals surface area (Å²) in [5.74, 6) is 0.265. The van der Waals surface area contributed by atoms with E-state index in [0.717, 1.165) is 10.9 Å². The van der Waals surface area contributed by atoms with E-state index in [1.807, 2.05) is 42.9 Å². The maximum absolute atomic E-state index is 13.9. The average Bonchev–Trinajstić information content (AvgIpc) is 3.31. The van der Waals surface area contributed by atoms with Crippen molar-refractivity contribution in [3.63, 3.8) is 0 Å². The molecule has 2 aromatic heterocycles. The van der Waals surface area contributed by atoms with E-state index < -0.39 is 26.1 Å². The Hall–Kier alpha value is -4.21. The van der Waals surface area contributed by atoms with Crippen molar-refractivity contribution in [3.8, 4) is 11.6 Å². The van der Waals surface area contributed by atoms with Gasteiger partial charge in [0, 0.05) is 34.9 Å². The predicted molar refractivity (Wildman–Crippen MR) is 133 cm³/mol. The van der Waals surface area contributed by atoms with Crippen molar-refractivity contribution in [1.29, 1.82) is 0 Å². The maximum atomic E-state index is 13.9. The van der Waals surface area contributed by atoms with Gasteiger partial charge in [-0.15, -0.1) is 0 Å². The van der Waals surface area contributed by atoms with Crippen LogP contribution >= 0.6 is 0 Å². The zero-order valence-corrected chi connectivity index (χ0v) is 19.6. The Kier molecular flexibility index (Phi) is 5.25. The zero-order valence-electron chi connectivity index (χ0n) is 22.6. The molecule has 0 aliphatic carbocycles. The summed E-state index contributed by atoms with van der Waals surface area (Å²) in [6, 6.07) is 14.3. The van der Waals surface area contributed by atoms with Crippen LogP contribution in [-0.4, -0.2) is 40.9 Å². The lowest BCUT2D eigenvalue weighted by Gasteiger charge is -2.36. The highest BCUT2D eigenvalue weighted by molar-refractivity contribution is 6.10. The lowest BCUT2D eigenvalue weighted by atomic mass is 10.1. The molecule has 0 unspecified atom stereocenters. The van der Waals surface area contributed by atoms with Crippen LogP contribution in [0.4, 0.5) is 30.8 Å². The molecule has 4 aromatic rings. The number of fused-ring (bicyclic) bond motifs is 2. The standard InChI is InChI=1S/C26H25F2N5O3/c1-16(2)32-14-18-12-20(7-10-22(18)30-32)31-13-17-4-11-24(36-15-23(27)28)29-25(17)33(26(31)34)19-5-8-21(35-3)9-6-19/h4-12,14,16,23H,13,15H2,1-3H3/i3D3. The van der Waals surface area contributed by atoms with Crippen LogP contribution in [0, 0.1) is 0 Å². The van der Waals surface area contributed by atoms with Gasteiger partial charge in [0.05, 0.1) is 28.9 Å². The summed E-state index contributed by atoms with van der Waals surface area (Å²) >= 11 is 0. The molecule has 2 aromatic carbocycles. The summed E-state index contributed by atoms with van der Waals surface area (Å²) in [6.07, 6.45) is -0.765. The second kappa shape index (κ2) is 9.44. The molecule has 0 saturated heterocycles. The highest BCUT2D eigenvalue weighted by Gasteiger charge is 2.34. The van der Waals surface area contributed by atoms with Gasteiger partial charge in [0.2, 0.25) is 5.88 Å². The lowest BCUT2D eigenvalue weighted by Crippen LogP contribution is -2.45. The highest BCUT2D eigenvalue weighted by atomic mass is 19.3. The SMILES string of the molecule is [2H]C([2H])([2H])Oc1ccc(N2C(=O)N(c3ccc4nn(C(C)C)cc4c3)Cc3ccc(OCC(F)F)nc32)cc1. The summed E-state index contributed by atoms with van der Waals surface area (Å²) in [4.78, 5) is 21.2. The third kappa shape index (κ3) is 4.41. The molecule has 0 radical (unpaired) electrons. The number of nitrogens with zero attached hydrogens (tertiary/aromatic N) is 5. The Bertz CT molecular complexity index is 1510. The van der Waals surface area contributed by atoms with E-state index in [9.17, 15) is 13.6 Å². The fourth-order valence-corrected chi connectivity index (χ4v) is 4.02. The molecule has 0 atom stereocenters. The van der Waals surface area contributed by atoms with Crippen LogP contribution in [0.2, 0.25) is 0 Å². The third-order valence-electron chi connectivity index (χ3n) is 5.81. The Morgan fingerprint density at radius 2 is 1.86 bits per heavy atom. The Balaban J connectivity index is 1.55. The van der Waals surface area contributed by atoms with Crippen molar-refractivity contribution in [1.82, 2.24) is 14.8 Å². The number of alkyl halides is 2. The molecule has 0 bridgehead atoms. The van der Waals surface area contributed by atoms with Gasteiger partial charge in [0.1, 0.15) is 11.6 Å². The van der Waals surface area contributed by atoms with Crippen LogP contribution < -0.4 is 19.3 Å². The number of halogens is 2. The third-order valence-corrected chi connectivity index (χ3v) is 5.81. The van der Waals surface area contributed by atoms with E-state index >= 15 is 0 Å². The number of aromatic nitrogens is 3. The molecular weight excluding hydrogens is 468 g/mol. The van der Waals surface area contributed by atoms with Gasteiger partial charge < -0.3 is 9.47 Å². The molecule has 1 aliphatic rings. The second-order valence-corrected chi connectivity index (χ2v) is 8.58. The van der Waals surface area contributed by atoms with E-state index in [4.69, 9.17) is 13.6 Å². The van der Waals surface area contributed by atoms with E-state index in [-0.39, 0.29) is 30.0 Å². The molecule has 0 fully saturated rings. The molecule has 1 aliphatic heterocycles. The van der Waals surface area contributed by atoms with Crippen molar-refractivity contribution >= 4 is 34.1 Å². The lowest BCUT2D eigenvalue weighted by molar-refractivity contribution is 0.0796. The number of pyridine rings is 1. The second-order valence-electron chi connectivity index (χ2n) is 8.58. The minimum absolute atomic E-state index is 0.0508. The molecular formula is C26H25F2N5O3. The Morgan fingerprint density at radius 3 is 2.58 bits per heavy atom. The molecule has 8 nitrogen and oxygen atoms in total. The molecule has 0 N–H and O–H groups in total. The molecule has 36 heavy (non-hydrogen) atoms. The van der Waals surface area contributed by atoms with Crippen LogP contribution in [0.1, 0.15) is 29.6 Å². The molecule has 0 saturated carbocycles. The van der Waals surface area contributed by atoms with Gasteiger partial charge in [-0.25, -0.2) is 18.5 Å². The number of carbonyl (C=O) groups excluding carboxylic acids is 1. The predicted octanol–water partition coefficient (Wildman–Crippen LogP) is 5.94. The van der Waals surface area contributed by atoms with Crippen LogP contribution in [0.15, 0.2) is 60.8 Å². The molecule has 3 heterocycles. The highest BCUT2D eigenvalue weighted by Crippen LogP contribution is 2.38. The number of rotatable bonds is 7. The Labute approximate surface area is 210 Å². The van der Waals surface area contributed by atoms with Gasteiger partial charge in [0.15, 0.2) is 6.61 Å². The van der Waals surface area contributed by atoms with Gasteiger partial charge in [-0.05, 0) is 62.4 Å². The van der Waals surface area contributed by atoms with Gasteiger partial charge in [-0.3, -0.25) is 9.58 Å². The number of methoxy groups -OCH3 is 1. The molecule has 0 spiro atoms. The first kappa shape index (κ1) is 20.0. The first-order valence-electron chi connectivity index (χ1n) is 12.8. The molecule has 10 heteroatoms. The van der Waals surface area contributed by atoms with Crippen molar-refractivity contribution in [2.75, 3.05) is 23.4 Å². The fourth-order valence-electron chi connectivity index (χ4n) is 4.02. The fraction of sp³-hybridized carbons (Fsp3) is 0.269. The number of hydrogen-bond donors (Lipinski definition) is 0. The van der Waals surface area contributed by atoms with Gasteiger partial charge in [-0.1, -0.05) is 0 Å². The number of urea groups is 1. The number of ether oxygens (including phenoxy) is 2. The van der Waals surface area contributed by atoms with Gasteiger partial charge in [-0.2, -0.15) is 10.1 Å². The topological polar surface area (TPSA) is 72.7 Å². The minimum atomic E-state index is -2.68. The smallest absolute Gasteiger partial charge is 0.335 e. The summed E-state index contributed by atoms with van der Waals surface area (Å²) in [6.45, 7) is 3.39. The molecule has 186 valence electrons. The van der Waals surface area contributed by atoms with E-state index in [0.29, 0.717) is 16.9 Å². The largest absolute Gasteiger partial charge is 0.497 e. The number of amides is 2. The summed E-state index contributed by atoms with van der Waals surface area (Å²) in [5, 5.41) is 5.43. The van der Waals surface area contributed by atoms with E-state index in [2.05, 4.69) is 10.1 Å². The van der Waals surface area contributed by atoms with Crippen LogP contribution in [0.25, 0.3) is 10.9 Å². The first-order valence-corrected chi connectivity index (χ1v) is 11.3. The first-order chi connectivity index (χ1) is 18.5. The molecule has 5 rings (SSSR count). The normalized spacial score (nSPS) is 15.2. The van der Waals surface area contributed by atoms with Crippen molar-refractivity contribution in [2.45, 2.75) is 32.9 Å². The van der Waals surface area contributed by atoms with E-state index in [1.165, 1.54) is 35.2 Å². The number of anilines is 3. The van der Waals surface area contributed by atoms with E-state index in [1.54, 1.807) is 11.0 Å². The van der Waals surface area contributed by atoms with Crippen LogP contribution in [0.5, 0.6) is 11.6 Å². The number of benzene rings is 2. The summed E-state index contributed by atoms with van der Waals surface area (Å²) in [5.41, 5.74) is 2.45. The van der Waals surface area contributed by atoms with Crippen LogP contribution in [-0.2, 0) is 6.54 Å². The average molecular weight is 497 g/mol. The van der Waals surface area contributed by atoms with Gasteiger partial charge >= 0.3 is 6.03 Å². The zero-order chi connectivity index (χ0) is 27.9. The van der Waals surface area contributed by atoms with Gasteiger partial charge in [0.25, 0.3) is 6.43 Å². The number of hydrogen-bond acceptors (Lipinski definition) is 5. The van der Waals surface area contributed by atoms with Crippen molar-refractivity contribution in [3.05, 3.63) is 66.4 Å². The van der Waals surface area contributed by atoms with Crippen LogP contribution in [0.3, 0.4) is 0 Å². The quantitative estimate of drug-likeness (QED) is 0.317. The van der Waals surface area contributed by atoms with Crippen molar-refractivity contribution in [2.24, 2.45) is 0 Å². The summed E-state index contributed by atoms with van der Waals surface area (Å²) < 4.78 is 59.3. The summed E-state index contributed by atoms with van der Waals surface area (Å²) in [7, 11) is -2.63. The molecule has 2 amide bonds. The monoisotopic (exact) mass is 496 g/mol.